The SMILES string of the molecule is Nc1ncc(-c2ccc(C(=O)NCCCN3CCCC3)cc2)cc1OCCc1cccc(F)c1C(F)(F)F. The van der Waals surface area contributed by atoms with E-state index in [1.54, 1.807) is 36.5 Å². The molecule has 0 bridgehead atoms. The highest BCUT2D eigenvalue weighted by molar-refractivity contribution is 5.94. The van der Waals surface area contributed by atoms with Gasteiger partial charge in [0.05, 0.1) is 12.2 Å². The van der Waals surface area contributed by atoms with Gasteiger partial charge in [-0.1, -0.05) is 24.3 Å². The summed E-state index contributed by atoms with van der Waals surface area (Å²) >= 11 is 0. The van der Waals surface area contributed by atoms with Gasteiger partial charge < -0.3 is 20.7 Å². The van der Waals surface area contributed by atoms with Gasteiger partial charge in [-0.2, -0.15) is 13.2 Å². The van der Waals surface area contributed by atoms with E-state index < -0.39 is 17.6 Å². The number of anilines is 1. The molecule has 0 aliphatic carbocycles. The van der Waals surface area contributed by atoms with Crippen molar-refractivity contribution in [2.45, 2.75) is 31.9 Å². The second-order valence-electron chi connectivity index (χ2n) is 9.21. The Morgan fingerprint density at radius 2 is 1.82 bits per heavy atom. The first-order chi connectivity index (χ1) is 18.2. The first kappa shape index (κ1) is 27.4. The van der Waals surface area contributed by atoms with Gasteiger partial charge in [-0.25, -0.2) is 9.37 Å². The fourth-order valence-corrected chi connectivity index (χ4v) is 4.52. The number of nitrogen functional groups attached to an aromatic ring is 1. The number of likely N-dealkylation sites (tertiary alicyclic amines) is 1. The summed E-state index contributed by atoms with van der Waals surface area (Å²) in [4.78, 5) is 19.0. The maximum Gasteiger partial charge on any atom is 0.419 e. The fraction of sp³-hybridized carbons (Fsp3) is 0.357. The van der Waals surface area contributed by atoms with Gasteiger partial charge in [0.25, 0.3) is 5.91 Å². The van der Waals surface area contributed by atoms with Crippen LogP contribution in [-0.4, -0.2) is 48.6 Å². The lowest BCUT2D eigenvalue weighted by Gasteiger charge is -2.15. The van der Waals surface area contributed by atoms with Crippen LogP contribution in [0.25, 0.3) is 11.1 Å². The number of nitrogens with zero attached hydrogens (tertiary/aromatic N) is 2. The van der Waals surface area contributed by atoms with E-state index in [2.05, 4.69) is 15.2 Å². The highest BCUT2D eigenvalue weighted by Gasteiger charge is 2.36. The van der Waals surface area contributed by atoms with Crippen molar-refractivity contribution in [1.29, 1.82) is 0 Å². The minimum absolute atomic E-state index is 0.0777. The van der Waals surface area contributed by atoms with Crippen molar-refractivity contribution in [3.63, 3.8) is 0 Å². The predicted molar refractivity (Wildman–Crippen MR) is 137 cm³/mol. The lowest BCUT2D eigenvalue weighted by Crippen LogP contribution is -2.28. The average Bonchev–Trinajstić information content (AvgIpc) is 3.41. The van der Waals surface area contributed by atoms with Crippen LogP contribution in [0.4, 0.5) is 23.4 Å². The molecule has 6 nitrogen and oxygen atoms in total. The number of rotatable bonds is 10. The third-order valence-corrected chi connectivity index (χ3v) is 6.51. The molecule has 3 aromatic rings. The van der Waals surface area contributed by atoms with Crippen molar-refractivity contribution >= 4 is 11.7 Å². The van der Waals surface area contributed by atoms with E-state index in [0.717, 1.165) is 37.7 Å². The fourth-order valence-electron chi connectivity index (χ4n) is 4.52. The molecule has 1 aliphatic heterocycles. The van der Waals surface area contributed by atoms with Crippen molar-refractivity contribution in [3.8, 4) is 16.9 Å². The van der Waals surface area contributed by atoms with E-state index in [0.29, 0.717) is 17.7 Å². The van der Waals surface area contributed by atoms with Crippen molar-refractivity contribution in [1.82, 2.24) is 15.2 Å². The molecule has 1 amide bonds. The summed E-state index contributed by atoms with van der Waals surface area (Å²) in [6, 6.07) is 11.8. The molecule has 10 heteroatoms. The minimum Gasteiger partial charge on any atom is -0.489 e. The Kier molecular flexibility index (Phi) is 8.83. The van der Waals surface area contributed by atoms with E-state index in [9.17, 15) is 22.4 Å². The monoisotopic (exact) mass is 530 g/mol. The van der Waals surface area contributed by atoms with E-state index in [-0.39, 0.29) is 36.1 Å². The summed E-state index contributed by atoms with van der Waals surface area (Å²) in [5.41, 5.74) is 6.36. The second-order valence-corrected chi connectivity index (χ2v) is 9.21. The van der Waals surface area contributed by atoms with Gasteiger partial charge in [0, 0.05) is 30.3 Å². The molecule has 4 rings (SSSR count). The van der Waals surface area contributed by atoms with Gasteiger partial charge in [-0.15, -0.1) is 0 Å². The molecule has 38 heavy (non-hydrogen) atoms. The van der Waals surface area contributed by atoms with Crippen LogP contribution >= 0.6 is 0 Å². The molecule has 0 atom stereocenters. The first-order valence-corrected chi connectivity index (χ1v) is 12.6. The van der Waals surface area contributed by atoms with Gasteiger partial charge in [-0.05, 0) is 74.3 Å². The molecular formula is C28H30F4N4O2. The number of alkyl halides is 3. The van der Waals surface area contributed by atoms with Crippen LogP contribution in [0.3, 0.4) is 0 Å². The van der Waals surface area contributed by atoms with Crippen LogP contribution in [-0.2, 0) is 12.6 Å². The number of carbonyl (C=O) groups excluding carboxylic acids is 1. The summed E-state index contributed by atoms with van der Waals surface area (Å²) in [6.07, 6.45) is -0.0402. The van der Waals surface area contributed by atoms with E-state index in [1.807, 2.05) is 0 Å². The van der Waals surface area contributed by atoms with Gasteiger partial charge in [0.1, 0.15) is 5.82 Å². The smallest absolute Gasteiger partial charge is 0.419 e. The number of aromatic nitrogens is 1. The lowest BCUT2D eigenvalue weighted by molar-refractivity contribution is -0.140. The van der Waals surface area contributed by atoms with Crippen molar-refractivity contribution in [2.24, 2.45) is 0 Å². The molecule has 2 heterocycles. The topological polar surface area (TPSA) is 80.5 Å². The number of ether oxygens (including phenoxy) is 1. The first-order valence-electron chi connectivity index (χ1n) is 12.6. The molecule has 2 aromatic carbocycles. The van der Waals surface area contributed by atoms with Crippen LogP contribution < -0.4 is 15.8 Å². The largest absolute Gasteiger partial charge is 0.489 e. The number of hydrogen-bond acceptors (Lipinski definition) is 5. The Balaban J connectivity index is 1.34. The number of amides is 1. The predicted octanol–water partition coefficient (Wildman–Crippen LogP) is 5.33. The Bertz CT molecular complexity index is 1240. The van der Waals surface area contributed by atoms with Crippen LogP contribution in [0.2, 0.25) is 0 Å². The van der Waals surface area contributed by atoms with Crippen LogP contribution in [0.1, 0.15) is 40.7 Å². The van der Waals surface area contributed by atoms with Gasteiger partial charge >= 0.3 is 6.18 Å². The third-order valence-electron chi connectivity index (χ3n) is 6.51. The molecule has 0 spiro atoms. The minimum atomic E-state index is -4.81. The molecule has 0 saturated carbocycles. The highest BCUT2D eigenvalue weighted by atomic mass is 19.4. The molecule has 0 unspecified atom stereocenters. The molecule has 1 fully saturated rings. The zero-order chi connectivity index (χ0) is 27.1. The summed E-state index contributed by atoms with van der Waals surface area (Å²) in [5.74, 6) is -1.19. The summed E-state index contributed by atoms with van der Waals surface area (Å²) in [6.45, 7) is 3.71. The number of nitrogens with one attached hydrogen (secondary N) is 1. The summed E-state index contributed by atoms with van der Waals surface area (Å²) < 4.78 is 59.1. The maximum absolute atomic E-state index is 13.8. The zero-order valence-electron chi connectivity index (χ0n) is 20.9. The van der Waals surface area contributed by atoms with Crippen LogP contribution in [0, 0.1) is 5.82 Å². The quantitative estimate of drug-likeness (QED) is 0.274. The standard InChI is InChI=1S/C28H30F4N4O2/c29-23-6-3-5-20(25(23)28(30,31)32)11-16-38-24-17-22(18-35-26(24)33)19-7-9-21(10-8-19)27(37)34-12-4-15-36-13-1-2-14-36/h3,5-10,17-18H,1-2,4,11-16H2,(H2,33,35)(H,34,37). The van der Waals surface area contributed by atoms with Gasteiger partial charge in [-0.3, -0.25) is 4.79 Å². The van der Waals surface area contributed by atoms with E-state index in [1.165, 1.54) is 25.0 Å². The van der Waals surface area contributed by atoms with Crippen molar-refractivity contribution in [2.75, 3.05) is 38.5 Å². The molecule has 202 valence electrons. The molecule has 1 aromatic heterocycles. The van der Waals surface area contributed by atoms with E-state index in [4.69, 9.17) is 10.5 Å². The molecule has 3 N–H and O–H groups in total. The van der Waals surface area contributed by atoms with E-state index >= 15 is 0 Å². The van der Waals surface area contributed by atoms with Gasteiger partial charge in [0.2, 0.25) is 0 Å². The highest BCUT2D eigenvalue weighted by Crippen LogP contribution is 2.34. The summed E-state index contributed by atoms with van der Waals surface area (Å²) in [7, 11) is 0. The normalized spacial score (nSPS) is 14.0. The number of halogens is 4. The molecule has 0 radical (unpaired) electrons. The number of carbonyl (C=O) groups is 1. The molecule has 1 aliphatic rings. The van der Waals surface area contributed by atoms with Crippen LogP contribution in [0.5, 0.6) is 5.75 Å². The number of pyridine rings is 1. The second kappa shape index (κ2) is 12.3. The number of nitrogens with two attached hydrogens (primary N) is 1. The van der Waals surface area contributed by atoms with Crippen molar-refractivity contribution < 1.29 is 27.1 Å². The Morgan fingerprint density at radius 3 is 2.53 bits per heavy atom. The maximum atomic E-state index is 13.8. The van der Waals surface area contributed by atoms with Gasteiger partial charge in [0.15, 0.2) is 11.6 Å². The van der Waals surface area contributed by atoms with Crippen molar-refractivity contribution in [3.05, 3.63) is 77.2 Å². The Morgan fingerprint density at radius 1 is 1.08 bits per heavy atom. The lowest BCUT2D eigenvalue weighted by atomic mass is 10.0. The molecule has 1 saturated heterocycles. The summed E-state index contributed by atoms with van der Waals surface area (Å²) in [5, 5.41) is 2.94. The number of hydrogen-bond donors (Lipinski definition) is 2. The molecular weight excluding hydrogens is 500 g/mol. The van der Waals surface area contributed by atoms with Crippen LogP contribution in [0.15, 0.2) is 54.7 Å². The zero-order valence-corrected chi connectivity index (χ0v) is 20.9. The average molecular weight is 531 g/mol. The Hall–Kier alpha value is -3.66. The third kappa shape index (κ3) is 7.00. The number of benzene rings is 2. The Labute approximate surface area is 218 Å².